The molecule has 0 saturated carbocycles. The Labute approximate surface area is 159 Å². The zero-order chi connectivity index (χ0) is 17.6. The van der Waals surface area contributed by atoms with Crippen LogP contribution >= 0.6 is 23.2 Å². The number of halogens is 2. The van der Waals surface area contributed by atoms with Gasteiger partial charge in [0, 0.05) is 12.4 Å². The summed E-state index contributed by atoms with van der Waals surface area (Å²) in [6.45, 7) is 1.64. The molecule has 6 heteroatoms. The van der Waals surface area contributed by atoms with E-state index in [-0.39, 0.29) is 12.1 Å². The van der Waals surface area contributed by atoms with Crippen LogP contribution in [0.5, 0.6) is 0 Å². The quantitative estimate of drug-likeness (QED) is 0.734. The molecule has 1 fully saturated rings. The van der Waals surface area contributed by atoms with Crippen molar-refractivity contribution in [2.75, 3.05) is 13.1 Å². The molecule has 0 aliphatic carbocycles. The summed E-state index contributed by atoms with van der Waals surface area (Å²) in [5.74, 6) is 0. The van der Waals surface area contributed by atoms with Gasteiger partial charge in [-0.2, -0.15) is 0 Å². The van der Waals surface area contributed by atoms with Crippen molar-refractivity contribution in [1.82, 2.24) is 14.9 Å². The lowest BCUT2D eigenvalue weighted by Crippen LogP contribution is -2.38. The van der Waals surface area contributed by atoms with Crippen LogP contribution in [-0.2, 0) is 0 Å². The first-order valence-corrected chi connectivity index (χ1v) is 9.64. The van der Waals surface area contributed by atoms with Gasteiger partial charge in [0.15, 0.2) is 0 Å². The lowest BCUT2D eigenvalue weighted by atomic mass is 9.90. The topological polar surface area (TPSA) is 55.0 Å². The Hall–Kier alpha value is -1.20. The van der Waals surface area contributed by atoms with Crippen molar-refractivity contribution in [2.24, 2.45) is 5.73 Å². The van der Waals surface area contributed by atoms with Crippen molar-refractivity contribution in [3.8, 4) is 0 Å². The minimum Gasteiger partial charge on any atom is -0.330 e. The molecule has 0 radical (unpaired) electrons. The van der Waals surface area contributed by atoms with E-state index in [2.05, 4.69) is 14.9 Å². The molecule has 3 rings (SSSR count). The molecule has 2 N–H and O–H groups in total. The third kappa shape index (κ3) is 4.32. The van der Waals surface area contributed by atoms with Gasteiger partial charge in [-0.15, -0.1) is 0 Å². The summed E-state index contributed by atoms with van der Waals surface area (Å²) in [4.78, 5) is 11.6. The molecule has 0 spiro atoms. The van der Waals surface area contributed by atoms with Gasteiger partial charge in [0.2, 0.25) is 0 Å². The molecule has 1 aliphatic heterocycles. The number of unbranched alkanes of at least 4 members (excludes halogenated alkanes) is 1. The summed E-state index contributed by atoms with van der Waals surface area (Å²) in [6, 6.07) is 7.95. The first kappa shape index (κ1) is 18.6. The maximum atomic E-state index is 6.46. The Morgan fingerprint density at radius 3 is 2.00 bits per heavy atom. The maximum absolute atomic E-state index is 6.46. The van der Waals surface area contributed by atoms with E-state index in [0.29, 0.717) is 6.54 Å². The van der Waals surface area contributed by atoms with E-state index < -0.39 is 0 Å². The van der Waals surface area contributed by atoms with Crippen LogP contribution in [0.4, 0.5) is 0 Å². The van der Waals surface area contributed by atoms with E-state index in [1.807, 2.05) is 36.7 Å². The fraction of sp³-hybridized carbons (Fsp3) is 0.474. The van der Waals surface area contributed by atoms with Crippen LogP contribution in [0.2, 0.25) is 10.0 Å². The molecule has 2 aromatic heterocycles. The SMILES string of the molecule is NCCCCN1[C@@H](c2ncccc2Cl)CCC[C@H]1c1ncccc1Cl. The zero-order valence-corrected chi connectivity index (χ0v) is 15.8. The number of hydrogen-bond donors (Lipinski definition) is 1. The number of pyridine rings is 2. The highest BCUT2D eigenvalue weighted by molar-refractivity contribution is 6.31. The second kappa shape index (κ2) is 8.95. The minimum atomic E-state index is 0.184. The Morgan fingerprint density at radius 1 is 0.960 bits per heavy atom. The molecular weight excluding hydrogens is 355 g/mol. The maximum Gasteiger partial charge on any atom is 0.0761 e. The zero-order valence-electron chi connectivity index (χ0n) is 14.2. The smallest absolute Gasteiger partial charge is 0.0761 e. The molecule has 3 heterocycles. The Kier molecular flexibility index (Phi) is 6.65. The Balaban J connectivity index is 1.94. The number of rotatable bonds is 6. The van der Waals surface area contributed by atoms with Gasteiger partial charge in [-0.25, -0.2) is 0 Å². The second-order valence-corrected chi connectivity index (χ2v) is 7.25. The molecule has 0 bridgehead atoms. The predicted octanol–water partition coefficient (Wildman–Crippen LogP) is 4.79. The largest absolute Gasteiger partial charge is 0.330 e. The molecule has 0 unspecified atom stereocenters. The van der Waals surface area contributed by atoms with Gasteiger partial charge < -0.3 is 5.73 Å². The Morgan fingerprint density at radius 2 is 1.52 bits per heavy atom. The van der Waals surface area contributed by atoms with Gasteiger partial charge in [0.25, 0.3) is 0 Å². The molecule has 1 saturated heterocycles. The number of nitrogens with zero attached hydrogens (tertiary/aromatic N) is 3. The first-order valence-electron chi connectivity index (χ1n) is 8.89. The van der Waals surface area contributed by atoms with Crippen LogP contribution < -0.4 is 5.73 Å². The average molecular weight is 379 g/mol. The van der Waals surface area contributed by atoms with Crippen molar-refractivity contribution in [1.29, 1.82) is 0 Å². The molecule has 25 heavy (non-hydrogen) atoms. The van der Waals surface area contributed by atoms with E-state index in [4.69, 9.17) is 28.9 Å². The summed E-state index contributed by atoms with van der Waals surface area (Å²) in [5.41, 5.74) is 7.60. The number of piperidine rings is 1. The third-order valence-corrected chi connectivity index (χ3v) is 5.47. The second-order valence-electron chi connectivity index (χ2n) is 6.44. The van der Waals surface area contributed by atoms with Gasteiger partial charge in [-0.3, -0.25) is 14.9 Å². The highest BCUT2D eigenvalue weighted by Crippen LogP contribution is 2.43. The van der Waals surface area contributed by atoms with Gasteiger partial charge in [0.05, 0.1) is 33.5 Å². The van der Waals surface area contributed by atoms with Gasteiger partial charge >= 0.3 is 0 Å². The van der Waals surface area contributed by atoms with Crippen molar-refractivity contribution in [2.45, 2.75) is 44.2 Å². The van der Waals surface area contributed by atoms with Gasteiger partial charge in [-0.05, 0) is 69.5 Å². The Bertz CT molecular complexity index is 641. The van der Waals surface area contributed by atoms with E-state index in [1.54, 1.807) is 0 Å². The lowest BCUT2D eigenvalue weighted by molar-refractivity contribution is 0.0753. The van der Waals surface area contributed by atoms with Gasteiger partial charge in [0.1, 0.15) is 0 Å². The number of likely N-dealkylation sites (tertiary alicyclic amines) is 1. The number of aromatic nitrogens is 2. The molecule has 0 amide bonds. The molecule has 4 nitrogen and oxygen atoms in total. The van der Waals surface area contributed by atoms with E-state index in [9.17, 15) is 0 Å². The normalized spacial score (nSPS) is 21.4. The van der Waals surface area contributed by atoms with Crippen LogP contribution in [0.15, 0.2) is 36.7 Å². The molecular formula is C19H24Cl2N4. The van der Waals surface area contributed by atoms with Crippen molar-refractivity contribution >= 4 is 23.2 Å². The molecule has 0 aromatic carbocycles. The number of nitrogens with two attached hydrogens (primary N) is 1. The fourth-order valence-electron chi connectivity index (χ4n) is 3.68. The molecule has 134 valence electrons. The standard InChI is InChI=1S/C19H24Cl2N4/c20-14-6-4-11-23-18(14)16-8-3-9-17(25(16)13-2-1-10-22)19-15(21)7-5-12-24-19/h4-7,11-12,16-17H,1-3,8-10,13,22H2/t16-,17+. The van der Waals surface area contributed by atoms with Gasteiger partial charge in [-0.1, -0.05) is 23.2 Å². The van der Waals surface area contributed by atoms with E-state index in [0.717, 1.165) is 60.1 Å². The highest BCUT2D eigenvalue weighted by Gasteiger charge is 2.35. The van der Waals surface area contributed by atoms with Crippen molar-refractivity contribution in [3.05, 3.63) is 58.1 Å². The predicted molar refractivity (Wildman–Crippen MR) is 103 cm³/mol. The highest BCUT2D eigenvalue weighted by atomic mass is 35.5. The van der Waals surface area contributed by atoms with Crippen LogP contribution in [0.3, 0.4) is 0 Å². The summed E-state index contributed by atoms with van der Waals surface area (Å²) in [7, 11) is 0. The summed E-state index contributed by atoms with van der Waals surface area (Å²) in [5, 5.41) is 1.45. The summed E-state index contributed by atoms with van der Waals surface area (Å²) >= 11 is 12.9. The van der Waals surface area contributed by atoms with Crippen LogP contribution in [0, 0.1) is 0 Å². The van der Waals surface area contributed by atoms with E-state index in [1.165, 1.54) is 0 Å². The third-order valence-electron chi connectivity index (χ3n) is 4.83. The first-order chi connectivity index (χ1) is 12.2. The summed E-state index contributed by atoms with van der Waals surface area (Å²) in [6.07, 6.45) is 8.86. The monoisotopic (exact) mass is 378 g/mol. The van der Waals surface area contributed by atoms with E-state index >= 15 is 0 Å². The van der Waals surface area contributed by atoms with Crippen molar-refractivity contribution in [3.63, 3.8) is 0 Å². The molecule has 2 aromatic rings. The van der Waals surface area contributed by atoms with Crippen molar-refractivity contribution < 1.29 is 0 Å². The fourth-order valence-corrected chi connectivity index (χ4v) is 4.17. The van der Waals surface area contributed by atoms with Crippen LogP contribution in [0.25, 0.3) is 0 Å². The molecule has 1 aliphatic rings. The average Bonchev–Trinajstić information content (AvgIpc) is 2.63. The summed E-state index contributed by atoms with van der Waals surface area (Å²) < 4.78 is 0. The van der Waals surface area contributed by atoms with Crippen LogP contribution in [-0.4, -0.2) is 28.0 Å². The molecule has 2 atom stereocenters. The van der Waals surface area contributed by atoms with Crippen LogP contribution in [0.1, 0.15) is 55.6 Å². The number of hydrogen-bond acceptors (Lipinski definition) is 4. The lowest BCUT2D eigenvalue weighted by Gasteiger charge is -2.42. The minimum absolute atomic E-state index is 0.184.